The molecule has 0 radical (unpaired) electrons. The number of hydrogen-bond donors (Lipinski definition) is 1. The highest BCUT2D eigenvalue weighted by Crippen LogP contribution is 2.30. The van der Waals surface area contributed by atoms with Crippen molar-refractivity contribution in [1.29, 1.82) is 0 Å². The number of pyridine rings is 1. The van der Waals surface area contributed by atoms with E-state index in [1.165, 1.54) is 0 Å². The van der Waals surface area contributed by atoms with Gasteiger partial charge in [-0.15, -0.1) is 10.2 Å². The summed E-state index contributed by atoms with van der Waals surface area (Å²) < 4.78 is 1.97. The van der Waals surface area contributed by atoms with E-state index in [-0.39, 0.29) is 0 Å². The lowest BCUT2D eigenvalue weighted by molar-refractivity contribution is 0.921. The molecule has 0 spiro atoms. The second-order valence-electron chi connectivity index (χ2n) is 4.04. The van der Waals surface area contributed by atoms with Gasteiger partial charge in [-0.25, -0.2) is 0 Å². The fourth-order valence-electron chi connectivity index (χ4n) is 1.77. The van der Waals surface area contributed by atoms with Crippen LogP contribution in [-0.4, -0.2) is 14.6 Å². The van der Waals surface area contributed by atoms with E-state index < -0.39 is 0 Å². The van der Waals surface area contributed by atoms with E-state index >= 15 is 0 Å². The smallest absolute Gasteiger partial charge is 0.200 e. The third-order valence-electron chi connectivity index (χ3n) is 2.68. The summed E-state index contributed by atoms with van der Waals surface area (Å²) in [5, 5.41) is 9.19. The number of rotatable bonds is 2. The van der Waals surface area contributed by atoms with Gasteiger partial charge < -0.3 is 5.73 Å². The first-order valence-electron chi connectivity index (χ1n) is 5.58. The van der Waals surface area contributed by atoms with Crippen molar-refractivity contribution in [2.45, 2.75) is 17.0 Å². The second-order valence-corrected chi connectivity index (χ2v) is 5.05. The summed E-state index contributed by atoms with van der Waals surface area (Å²) in [6, 6.07) is 11.7. The number of nitrogen functional groups attached to an aromatic ring is 1. The largest absolute Gasteiger partial charge is 0.399 e. The molecule has 0 aliphatic carbocycles. The number of fused-ring (bicyclic) bond motifs is 1. The predicted molar refractivity (Wildman–Crippen MR) is 72.7 cm³/mol. The topological polar surface area (TPSA) is 56.2 Å². The third-order valence-corrected chi connectivity index (χ3v) is 3.82. The first kappa shape index (κ1) is 11.1. The molecule has 2 heterocycles. The van der Waals surface area contributed by atoms with Crippen LogP contribution in [0, 0.1) is 6.92 Å². The maximum atomic E-state index is 5.75. The van der Waals surface area contributed by atoms with Crippen LogP contribution in [0.4, 0.5) is 5.69 Å². The minimum atomic E-state index is 0.781. The molecule has 0 atom stereocenters. The lowest BCUT2D eigenvalue weighted by Crippen LogP contribution is -1.89. The van der Waals surface area contributed by atoms with Gasteiger partial charge in [0.2, 0.25) is 0 Å². The number of hydrogen-bond acceptors (Lipinski definition) is 4. The van der Waals surface area contributed by atoms with Crippen molar-refractivity contribution < 1.29 is 0 Å². The molecule has 0 bridgehead atoms. The van der Waals surface area contributed by atoms with Gasteiger partial charge in [-0.3, -0.25) is 4.40 Å². The molecule has 0 fully saturated rings. The molecule has 0 amide bonds. The molecule has 18 heavy (non-hydrogen) atoms. The molecule has 90 valence electrons. The van der Waals surface area contributed by atoms with Crippen molar-refractivity contribution in [1.82, 2.24) is 14.6 Å². The first-order chi connectivity index (χ1) is 8.74. The van der Waals surface area contributed by atoms with E-state index in [0.29, 0.717) is 0 Å². The fourth-order valence-corrected chi connectivity index (χ4v) is 2.66. The minimum absolute atomic E-state index is 0.781. The zero-order valence-electron chi connectivity index (χ0n) is 9.87. The van der Waals surface area contributed by atoms with Crippen LogP contribution in [0.1, 0.15) is 5.56 Å². The van der Waals surface area contributed by atoms with Crippen LogP contribution in [0.15, 0.2) is 52.6 Å². The first-order valence-corrected chi connectivity index (χ1v) is 6.39. The van der Waals surface area contributed by atoms with Crippen molar-refractivity contribution in [3.8, 4) is 0 Å². The van der Waals surface area contributed by atoms with Gasteiger partial charge in [0.25, 0.3) is 0 Å². The lowest BCUT2D eigenvalue weighted by atomic mass is 10.2. The summed E-state index contributed by atoms with van der Waals surface area (Å²) in [6.07, 6.45) is 1.96. The highest BCUT2D eigenvalue weighted by molar-refractivity contribution is 7.99. The number of aromatic nitrogens is 3. The zero-order chi connectivity index (χ0) is 12.5. The van der Waals surface area contributed by atoms with Crippen molar-refractivity contribution in [2.75, 3.05) is 5.73 Å². The second kappa shape index (κ2) is 4.34. The summed E-state index contributed by atoms with van der Waals surface area (Å²) >= 11 is 1.59. The van der Waals surface area contributed by atoms with Gasteiger partial charge in [0.15, 0.2) is 10.8 Å². The SMILES string of the molecule is Cc1cc(N)ccc1Sc1nnc2ccccn12. The van der Waals surface area contributed by atoms with Crippen LogP contribution in [0.3, 0.4) is 0 Å². The summed E-state index contributed by atoms with van der Waals surface area (Å²) in [5.41, 5.74) is 8.53. The Morgan fingerprint density at radius 1 is 1.17 bits per heavy atom. The van der Waals surface area contributed by atoms with Crippen LogP contribution >= 0.6 is 11.8 Å². The molecule has 2 aromatic heterocycles. The number of anilines is 1. The van der Waals surface area contributed by atoms with Crippen LogP contribution in [0.25, 0.3) is 5.65 Å². The third kappa shape index (κ3) is 1.93. The van der Waals surface area contributed by atoms with Crippen molar-refractivity contribution >= 4 is 23.1 Å². The van der Waals surface area contributed by atoms with Crippen LogP contribution in [0.5, 0.6) is 0 Å². The van der Waals surface area contributed by atoms with E-state index in [1.807, 2.05) is 53.9 Å². The predicted octanol–water partition coefficient (Wildman–Crippen LogP) is 2.77. The molecule has 0 saturated heterocycles. The average molecular weight is 256 g/mol. The normalized spacial score (nSPS) is 10.9. The van der Waals surface area contributed by atoms with Gasteiger partial charge >= 0.3 is 0 Å². The Morgan fingerprint density at radius 3 is 2.89 bits per heavy atom. The standard InChI is InChI=1S/C13H12N4S/c1-9-8-10(14)5-6-11(9)18-13-16-15-12-4-2-3-7-17(12)13/h2-8H,14H2,1H3. The Labute approximate surface area is 109 Å². The highest BCUT2D eigenvalue weighted by atomic mass is 32.2. The maximum absolute atomic E-state index is 5.75. The molecule has 5 heteroatoms. The van der Waals surface area contributed by atoms with Gasteiger partial charge in [-0.05, 0) is 54.6 Å². The summed E-state index contributed by atoms with van der Waals surface area (Å²) in [4.78, 5) is 1.14. The molecule has 1 aromatic carbocycles. The quantitative estimate of drug-likeness (QED) is 0.716. The maximum Gasteiger partial charge on any atom is 0.200 e. The van der Waals surface area contributed by atoms with Gasteiger partial charge in [-0.2, -0.15) is 0 Å². The van der Waals surface area contributed by atoms with Gasteiger partial charge in [0.05, 0.1) is 0 Å². The summed E-state index contributed by atoms with van der Waals surface area (Å²) in [5.74, 6) is 0. The molecule has 3 rings (SSSR count). The Kier molecular flexibility index (Phi) is 2.68. The van der Waals surface area contributed by atoms with Crippen LogP contribution in [-0.2, 0) is 0 Å². The van der Waals surface area contributed by atoms with Gasteiger partial charge in [-0.1, -0.05) is 6.07 Å². The molecular formula is C13H12N4S. The van der Waals surface area contributed by atoms with E-state index in [1.54, 1.807) is 11.8 Å². The van der Waals surface area contributed by atoms with Gasteiger partial charge in [0.1, 0.15) is 0 Å². The lowest BCUT2D eigenvalue weighted by Gasteiger charge is -2.04. The van der Waals surface area contributed by atoms with Crippen LogP contribution < -0.4 is 5.73 Å². The monoisotopic (exact) mass is 256 g/mol. The average Bonchev–Trinajstić information content (AvgIpc) is 2.76. The highest BCUT2D eigenvalue weighted by Gasteiger charge is 2.08. The van der Waals surface area contributed by atoms with Crippen molar-refractivity contribution in [3.63, 3.8) is 0 Å². The van der Waals surface area contributed by atoms with E-state index in [4.69, 9.17) is 5.73 Å². The Bertz CT molecular complexity index is 705. The molecule has 0 aliphatic rings. The summed E-state index contributed by atoms with van der Waals surface area (Å²) in [6.45, 7) is 2.04. The van der Waals surface area contributed by atoms with Crippen molar-refractivity contribution in [2.24, 2.45) is 0 Å². The number of nitrogens with two attached hydrogens (primary N) is 1. The summed E-state index contributed by atoms with van der Waals surface area (Å²) in [7, 11) is 0. The Hall–Kier alpha value is -2.01. The van der Waals surface area contributed by atoms with E-state index in [9.17, 15) is 0 Å². The van der Waals surface area contributed by atoms with Crippen LogP contribution in [0.2, 0.25) is 0 Å². The molecule has 4 nitrogen and oxygen atoms in total. The number of benzene rings is 1. The Morgan fingerprint density at radius 2 is 2.06 bits per heavy atom. The molecule has 2 N–H and O–H groups in total. The molecular weight excluding hydrogens is 244 g/mol. The molecule has 3 aromatic rings. The zero-order valence-corrected chi connectivity index (χ0v) is 10.7. The molecule has 0 unspecified atom stereocenters. The van der Waals surface area contributed by atoms with E-state index in [2.05, 4.69) is 10.2 Å². The number of aryl methyl sites for hydroxylation is 1. The Balaban J connectivity index is 2.01. The van der Waals surface area contributed by atoms with E-state index in [0.717, 1.165) is 26.9 Å². The minimum Gasteiger partial charge on any atom is -0.399 e. The van der Waals surface area contributed by atoms with Gasteiger partial charge in [0, 0.05) is 16.8 Å². The molecule has 0 aliphatic heterocycles. The van der Waals surface area contributed by atoms with Crippen molar-refractivity contribution in [3.05, 3.63) is 48.2 Å². The fraction of sp³-hybridized carbons (Fsp3) is 0.0769. The molecule has 0 saturated carbocycles. The number of nitrogens with zero attached hydrogens (tertiary/aromatic N) is 3.